The van der Waals surface area contributed by atoms with Gasteiger partial charge in [-0.25, -0.2) is 0 Å². The lowest BCUT2D eigenvalue weighted by Gasteiger charge is -2.29. The molecule has 0 spiro atoms. The monoisotopic (exact) mass is 233 g/mol. The standard InChI is InChI=1S/C14H19NO2/c1-12(11-13-5-3-2-4-6-13)14(16)15-7-9-17-10-8-15/h2-6,12H,7-11H2,1H3/t12-/m1/s1. The molecule has 0 aliphatic carbocycles. The van der Waals surface area contributed by atoms with Gasteiger partial charge in [0.25, 0.3) is 0 Å². The van der Waals surface area contributed by atoms with Crippen LogP contribution in [0, 0.1) is 5.92 Å². The molecule has 2 rings (SSSR count). The maximum Gasteiger partial charge on any atom is 0.225 e. The molecule has 0 radical (unpaired) electrons. The van der Waals surface area contributed by atoms with Crippen LogP contribution in [0.15, 0.2) is 30.3 Å². The van der Waals surface area contributed by atoms with Gasteiger partial charge in [0, 0.05) is 19.0 Å². The molecule has 1 aliphatic heterocycles. The van der Waals surface area contributed by atoms with E-state index >= 15 is 0 Å². The predicted molar refractivity (Wildman–Crippen MR) is 66.7 cm³/mol. The van der Waals surface area contributed by atoms with E-state index < -0.39 is 0 Å². The molecule has 0 aromatic heterocycles. The summed E-state index contributed by atoms with van der Waals surface area (Å²) in [4.78, 5) is 14.1. The number of rotatable bonds is 3. The minimum absolute atomic E-state index is 0.0514. The highest BCUT2D eigenvalue weighted by atomic mass is 16.5. The SMILES string of the molecule is C[C@H](Cc1ccccc1)C(=O)N1CCOCC1. The molecular formula is C14H19NO2. The van der Waals surface area contributed by atoms with E-state index in [1.807, 2.05) is 30.0 Å². The fraction of sp³-hybridized carbons (Fsp3) is 0.500. The van der Waals surface area contributed by atoms with Crippen LogP contribution in [-0.2, 0) is 16.0 Å². The van der Waals surface area contributed by atoms with E-state index in [0.29, 0.717) is 13.2 Å². The van der Waals surface area contributed by atoms with Crippen LogP contribution in [0.25, 0.3) is 0 Å². The van der Waals surface area contributed by atoms with Gasteiger partial charge in [-0.3, -0.25) is 4.79 Å². The Kier molecular flexibility index (Phi) is 4.15. The van der Waals surface area contributed by atoms with E-state index in [1.54, 1.807) is 0 Å². The Bertz CT molecular complexity index is 358. The highest BCUT2D eigenvalue weighted by Gasteiger charge is 2.22. The zero-order chi connectivity index (χ0) is 12.1. The maximum atomic E-state index is 12.2. The first kappa shape index (κ1) is 12.1. The van der Waals surface area contributed by atoms with Gasteiger partial charge < -0.3 is 9.64 Å². The molecular weight excluding hydrogens is 214 g/mol. The Balaban J connectivity index is 1.90. The second-order valence-corrected chi connectivity index (χ2v) is 4.53. The van der Waals surface area contributed by atoms with Crippen molar-refractivity contribution in [2.45, 2.75) is 13.3 Å². The van der Waals surface area contributed by atoms with Crippen LogP contribution in [-0.4, -0.2) is 37.1 Å². The number of amides is 1. The van der Waals surface area contributed by atoms with Gasteiger partial charge in [-0.1, -0.05) is 37.3 Å². The van der Waals surface area contributed by atoms with Crippen molar-refractivity contribution >= 4 is 5.91 Å². The number of carbonyl (C=O) groups is 1. The summed E-state index contributed by atoms with van der Waals surface area (Å²) in [7, 11) is 0. The van der Waals surface area contributed by atoms with Crippen molar-refractivity contribution in [2.75, 3.05) is 26.3 Å². The van der Waals surface area contributed by atoms with Crippen LogP contribution in [0.2, 0.25) is 0 Å². The van der Waals surface area contributed by atoms with Gasteiger partial charge >= 0.3 is 0 Å². The van der Waals surface area contributed by atoms with E-state index in [2.05, 4.69) is 12.1 Å². The summed E-state index contributed by atoms with van der Waals surface area (Å²) in [5.74, 6) is 0.299. The lowest BCUT2D eigenvalue weighted by molar-refractivity contribution is -0.139. The summed E-state index contributed by atoms with van der Waals surface area (Å²) in [5.41, 5.74) is 1.22. The number of morpholine rings is 1. The van der Waals surface area contributed by atoms with E-state index in [0.717, 1.165) is 19.5 Å². The highest BCUT2D eigenvalue weighted by molar-refractivity contribution is 5.78. The van der Waals surface area contributed by atoms with Crippen molar-refractivity contribution < 1.29 is 9.53 Å². The molecule has 1 aliphatic rings. The van der Waals surface area contributed by atoms with Crippen molar-refractivity contribution in [3.8, 4) is 0 Å². The number of hydrogen-bond acceptors (Lipinski definition) is 2. The molecule has 1 atom stereocenters. The summed E-state index contributed by atoms with van der Waals surface area (Å²) in [6.07, 6.45) is 0.816. The van der Waals surface area contributed by atoms with Gasteiger partial charge in [-0.15, -0.1) is 0 Å². The van der Waals surface area contributed by atoms with Crippen molar-refractivity contribution in [3.63, 3.8) is 0 Å². The van der Waals surface area contributed by atoms with Gasteiger partial charge in [-0.05, 0) is 12.0 Å². The van der Waals surface area contributed by atoms with Crippen LogP contribution in [0.3, 0.4) is 0 Å². The molecule has 1 amide bonds. The number of benzene rings is 1. The van der Waals surface area contributed by atoms with Crippen LogP contribution in [0.4, 0.5) is 0 Å². The third-order valence-corrected chi connectivity index (χ3v) is 3.13. The lowest BCUT2D eigenvalue weighted by Crippen LogP contribution is -2.43. The summed E-state index contributed by atoms with van der Waals surface area (Å²) < 4.78 is 5.25. The third-order valence-electron chi connectivity index (χ3n) is 3.13. The molecule has 3 heteroatoms. The average molecular weight is 233 g/mol. The molecule has 0 unspecified atom stereocenters. The van der Waals surface area contributed by atoms with Gasteiger partial charge in [0.05, 0.1) is 13.2 Å². The van der Waals surface area contributed by atoms with Crippen molar-refractivity contribution in [2.24, 2.45) is 5.92 Å². The van der Waals surface area contributed by atoms with E-state index in [4.69, 9.17) is 4.74 Å². The second-order valence-electron chi connectivity index (χ2n) is 4.53. The zero-order valence-corrected chi connectivity index (χ0v) is 10.3. The van der Waals surface area contributed by atoms with Gasteiger partial charge in [0.15, 0.2) is 0 Å². The highest BCUT2D eigenvalue weighted by Crippen LogP contribution is 2.12. The predicted octanol–water partition coefficient (Wildman–Crippen LogP) is 1.72. The van der Waals surface area contributed by atoms with Crippen LogP contribution in [0.5, 0.6) is 0 Å². The molecule has 0 N–H and O–H groups in total. The van der Waals surface area contributed by atoms with Gasteiger partial charge in [0.2, 0.25) is 5.91 Å². The average Bonchev–Trinajstić information content (AvgIpc) is 2.40. The number of ether oxygens (including phenoxy) is 1. The Labute approximate surface area is 102 Å². The molecule has 17 heavy (non-hydrogen) atoms. The quantitative estimate of drug-likeness (QED) is 0.795. The summed E-state index contributed by atoms with van der Waals surface area (Å²) in [6, 6.07) is 10.2. The summed E-state index contributed by atoms with van der Waals surface area (Å²) >= 11 is 0. The first-order valence-electron chi connectivity index (χ1n) is 6.18. The molecule has 1 aromatic rings. The Hall–Kier alpha value is -1.35. The minimum atomic E-state index is 0.0514. The Morgan fingerprint density at radius 3 is 2.59 bits per heavy atom. The minimum Gasteiger partial charge on any atom is -0.378 e. The topological polar surface area (TPSA) is 29.5 Å². The normalized spacial score (nSPS) is 17.8. The summed E-state index contributed by atoms with van der Waals surface area (Å²) in [6.45, 7) is 4.81. The van der Waals surface area contributed by atoms with Crippen LogP contribution < -0.4 is 0 Å². The Morgan fingerprint density at radius 2 is 1.94 bits per heavy atom. The van der Waals surface area contributed by atoms with E-state index in [-0.39, 0.29) is 11.8 Å². The maximum absolute atomic E-state index is 12.2. The zero-order valence-electron chi connectivity index (χ0n) is 10.3. The van der Waals surface area contributed by atoms with Crippen molar-refractivity contribution in [3.05, 3.63) is 35.9 Å². The smallest absolute Gasteiger partial charge is 0.225 e. The van der Waals surface area contributed by atoms with E-state index in [1.165, 1.54) is 5.56 Å². The first-order valence-corrected chi connectivity index (χ1v) is 6.18. The lowest BCUT2D eigenvalue weighted by atomic mass is 10.00. The van der Waals surface area contributed by atoms with Gasteiger partial charge in [-0.2, -0.15) is 0 Å². The van der Waals surface area contributed by atoms with Crippen molar-refractivity contribution in [1.29, 1.82) is 0 Å². The molecule has 1 heterocycles. The third kappa shape index (κ3) is 3.30. The Morgan fingerprint density at radius 1 is 1.29 bits per heavy atom. The molecule has 0 bridgehead atoms. The molecule has 1 aromatic carbocycles. The fourth-order valence-electron chi connectivity index (χ4n) is 2.15. The number of nitrogens with zero attached hydrogens (tertiary/aromatic N) is 1. The first-order chi connectivity index (χ1) is 8.27. The number of carbonyl (C=O) groups excluding carboxylic acids is 1. The molecule has 3 nitrogen and oxygen atoms in total. The molecule has 1 fully saturated rings. The van der Waals surface area contributed by atoms with E-state index in [9.17, 15) is 4.79 Å². The second kappa shape index (κ2) is 5.82. The van der Waals surface area contributed by atoms with Gasteiger partial charge in [0.1, 0.15) is 0 Å². The molecule has 0 saturated carbocycles. The van der Waals surface area contributed by atoms with Crippen molar-refractivity contribution in [1.82, 2.24) is 4.90 Å². The van der Waals surface area contributed by atoms with Crippen LogP contribution >= 0.6 is 0 Å². The largest absolute Gasteiger partial charge is 0.378 e. The summed E-state index contributed by atoms with van der Waals surface area (Å²) in [5, 5.41) is 0. The van der Waals surface area contributed by atoms with Crippen LogP contribution in [0.1, 0.15) is 12.5 Å². The molecule has 92 valence electrons. The fourth-order valence-corrected chi connectivity index (χ4v) is 2.15. The number of hydrogen-bond donors (Lipinski definition) is 0. The molecule has 1 saturated heterocycles.